The van der Waals surface area contributed by atoms with Crippen molar-refractivity contribution in [3.63, 3.8) is 0 Å². The lowest BCUT2D eigenvalue weighted by atomic mass is 10.1. The summed E-state index contributed by atoms with van der Waals surface area (Å²) < 4.78 is 33.0. The van der Waals surface area contributed by atoms with Gasteiger partial charge < -0.3 is 15.0 Å². The number of hydrogen-bond donors (Lipinski definition) is 2. The fraction of sp³-hybridized carbons (Fsp3) is 0.200. The van der Waals surface area contributed by atoms with Crippen LogP contribution in [0.1, 0.15) is 12.0 Å². The molecule has 0 saturated carbocycles. The third-order valence-corrected chi connectivity index (χ3v) is 6.99. The molecule has 1 heterocycles. The van der Waals surface area contributed by atoms with E-state index < -0.39 is 15.9 Å². The Morgan fingerprint density at radius 1 is 1.00 bits per heavy atom. The summed E-state index contributed by atoms with van der Waals surface area (Å²) in [5.41, 5.74) is 2.62. The number of ether oxygens (including phenoxy) is 1. The Morgan fingerprint density at radius 3 is 2.35 bits per heavy atom. The number of carbonyl (C=O) groups is 2. The van der Waals surface area contributed by atoms with Crippen molar-refractivity contribution in [1.82, 2.24) is 0 Å². The van der Waals surface area contributed by atoms with E-state index >= 15 is 0 Å². The first-order valence-corrected chi connectivity index (χ1v) is 12.2. The molecule has 0 radical (unpaired) electrons. The van der Waals surface area contributed by atoms with Crippen molar-refractivity contribution in [2.75, 3.05) is 28.6 Å². The Labute approximate surface area is 198 Å². The normalized spacial score (nSPS) is 15.8. The maximum absolute atomic E-state index is 12.8. The highest BCUT2D eigenvalue weighted by Crippen LogP contribution is 2.29. The van der Waals surface area contributed by atoms with Gasteiger partial charge in [-0.1, -0.05) is 23.8 Å². The Kier molecular flexibility index (Phi) is 6.56. The summed E-state index contributed by atoms with van der Waals surface area (Å²) >= 11 is 0. The van der Waals surface area contributed by atoms with E-state index in [4.69, 9.17) is 4.74 Å². The molecule has 1 saturated heterocycles. The number of amides is 2. The van der Waals surface area contributed by atoms with Crippen molar-refractivity contribution in [1.29, 1.82) is 0 Å². The van der Waals surface area contributed by atoms with Crippen molar-refractivity contribution >= 4 is 38.9 Å². The predicted octanol–water partition coefficient (Wildman–Crippen LogP) is 3.80. The zero-order valence-corrected chi connectivity index (χ0v) is 19.6. The van der Waals surface area contributed by atoms with E-state index in [1.165, 1.54) is 24.3 Å². The summed E-state index contributed by atoms with van der Waals surface area (Å²) in [7, 11) is -2.21. The molecule has 2 amide bonds. The fourth-order valence-electron chi connectivity index (χ4n) is 3.71. The predicted molar refractivity (Wildman–Crippen MR) is 131 cm³/mol. The van der Waals surface area contributed by atoms with Crippen LogP contribution in [0.25, 0.3) is 0 Å². The van der Waals surface area contributed by atoms with Gasteiger partial charge in [0.1, 0.15) is 5.75 Å². The van der Waals surface area contributed by atoms with Crippen LogP contribution in [0.2, 0.25) is 0 Å². The van der Waals surface area contributed by atoms with Crippen molar-refractivity contribution in [3.8, 4) is 5.75 Å². The number of hydrogen-bond acceptors (Lipinski definition) is 5. The quantitative estimate of drug-likeness (QED) is 0.536. The fourth-order valence-corrected chi connectivity index (χ4v) is 4.77. The van der Waals surface area contributed by atoms with Gasteiger partial charge in [0.25, 0.3) is 10.0 Å². The molecule has 1 fully saturated rings. The Balaban J connectivity index is 1.40. The Morgan fingerprint density at radius 2 is 1.68 bits per heavy atom. The number of methoxy groups -OCH3 is 1. The van der Waals surface area contributed by atoms with Gasteiger partial charge in [-0.25, -0.2) is 8.42 Å². The number of aryl methyl sites for hydroxylation is 1. The standard InChI is InChI=1S/C25H25N3O5S/c1-17-6-8-20(9-7-17)27-34(31,32)23-12-10-19(11-13-23)26-25(30)18-14-24(29)28(16-18)21-4-3-5-22(15-21)33-2/h3-13,15,18,27H,14,16H2,1-2H3,(H,26,30). The molecule has 0 aliphatic carbocycles. The summed E-state index contributed by atoms with van der Waals surface area (Å²) in [4.78, 5) is 26.9. The topological polar surface area (TPSA) is 105 Å². The largest absolute Gasteiger partial charge is 0.497 e. The Hall–Kier alpha value is -3.85. The van der Waals surface area contributed by atoms with Gasteiger partial charge >= 0.3 is 0 Å². The van der Waals surface area contributed by atoms with Crippen LogP contribution in [0.4, 0.5) is 17.1 Å². The Bertz CT molecular complexity index is 1310. The second kappa shape index (κ2) is 9.56. The van der Waals surface area contributed by atoms with Crippen molar-refractivity contribution < 1.29 is 22.7 Å². The minimum atomic E-state index is -3.76. The smallest absolute Gasteiger partial charge is 0.261 e. The molecule has 9 heteroatoms. The van der Waals surface area contributed by atoms with Gasteiger partial charge in [-0.2, -0.15) is 0 Å². The average molecular weight is 480 g/mol. The van der Waals surface area contributed by atoms with Crippen LogP contribution in [0, 0.1) is 12.8 Å². The van der Waals surface area contributed by atoms with Crippen LogP contribution in [-0.4, -0.2) is 33.9 Å². The average Bonchev–Trinajstić information content (AvgIpc) is 3.22. The molecule has 1 unspecified atom stereocenters. The lowest BCUT2D eigenvalue weighted by molar-refractivity contribution is -0.122. The van der Waals surface area contributed by atoms with E-state index in [-0.39, 0.29) is 29.7 Å². The molecular weight excluding hydrogens is 454 g/mol. The van der Waals surface area contributed by atoms with Crippen molar-refractivity contribution in [2.24, 2.45) is 5.92 Å². The molecule has 1 atom stereocenters. The van der Waals surface area contributed by atoms with Gasteiger partial charge in [-0.05, 0) is 55.5 Å². The molecule has 0 aromatic heterocycles. The van der Waals surface area contributed by atoms with E-state index in [2.05, 4.69) is 10.0 Å². The molecular formula is C25H25N3O5S. The number of benzene rings is 3. The van der Waals surface area contributed by atoms with E-state index in [1.807, 2.05) is 19.1 Å². The maximum Gasteiger partial charge on any atom is 0.261 e. The van der Waals surface area contributed by atoms with E-state index in [9.17, 15) is 18.0 Å². The van der Waals surface area contributed by atoms with Gasteiger partial charge in [-0.15, -0.1) is 0 Å². The first-order chi connectivity index (χ1) is 16.2. The minimum absolute atomic E-state index is 0.0753. The summed E-state index contributed by atoms with van der Waals surface area (Å²) in [6.07, 6.45) is 0.0932. The summed E-state index contributed by atoms with van der Waals surface area (Å²) in [6, 6.07) is 20.1. The van der Waals surface area contributed by atoms with Crippen LogP contribution in [0.5, 0.6) is 5.75 Å². The van der Waals surface area contributed by atoms with Crippen molar-refractivity contribution in [2.45, 2.75) is 18.2 Å². The summed E-state index contributed by atoms with van der Waals surface area (Å²) in [5, 5.41) is 2.78. The SMILES string of the molecule is COc1cccc(N2CC(C(=O)Nc3ccc(S(=O)(=O)Nc4ccc(C)cc4)cc3)CC2=O)c1. The van der Waals surface area contributed by atoms with Crippen LogP contribution in [-0.2, 0) is 19.6 Å². The van der Waals surface area contributed by atoms with Gasteiger partial charge in [0, 0.05) is 36.1 Å². The highest BCUT2D eigenvalue weighted by molar-refractivity contribution is 7.92. The van der Waals surface area contributed by atoms with Crippen LogP contribution >= 0.6 is 0 Å². The van der Waals surface area contributed by atoms with Crippen LogP contribution in [0.3, 0.4) is 0 Å². The molecule has 2 N–H and O–H groups in total. The highest BCUT2D eigenvalue weighted by atomic mass is 32.2. The second-order valence-corrected chi connectivity index (χ2v) is 9.77. The van der Waals surface area contributed by atoms with Gasteiger partial charge in [0.2, 0.25) is 11.8 Å². The first-order valence-electron chi connectivity index (χ1n) is 10.7. The lowest BCUT2D eigenvalue weighted by Gasteiger charge is -2.17. The van der Waals surface area contributed by atoms with Crippen molar-refractivity contribution in [3.05, 3.63) is 78.4 Å². The third-order valence-electron chi connectivity index (χ3n) is 5.60. The zero-order valence-electron chi connectivity index (χ0n) is 18.8. The maximum atomic E-state index is 12.8. The second-order valence-electron chi connectivity index (χ2n) is 8.09. The monoisotopic (exact) mass is 479 g/mol. The van der Waals surface area contributed by atoms with Crippen LogP contribution < -0.4 is 19.7 Å². The minimum Gasteiger partial charge on any atom is -0.497 e. The number of nitrogens with zero attached hydrogens (tertiary/aromatic N) is 1. The first kappa shape index (κ1) is 23.3. The van der Waals surface area contributed by atoms with Gasteiger partial charge in [0.15, 0.2) is 0 Å². The molecule has 0 spiro atoms. The summed E-state index contributed by atoms with van der Waals surface area (Å²) in [5.74, 6) is -0.334. The van der Waals surface area contributed by atoms with Gasteiger partial charge in [-0.3, -0.25) is 14.3 Å². The molecule has 34 heavy (non-hydrogen) atoms. The number of carbonyl (C=O) groups excluding carboxylic acids is 2. The van der Waals surface area contributed by atoms with Gasteiger partial charge in [0.05, 0.1) is 17.9 Å². The number of sulfonamides is 1. The highest BCUT2D eigenvalue weighted by Gasteiger charge is 2.35. The molecule has 3 aromatic carbocycles. The molecule has 1 aliphatic heterocycles. The van der Waals surface area contributed by atoms with E-state index in [1.54, 1.807) is 48.4 Å². The van der Waals surface area contributed by atoms with Crippen LogP contribution in [0.15, 0.2) is 77.7 Å². The molecule has 4 rings (SSSR count). The number of rotatable bonds is 7. The molecule has 176 valence electrons. The van der Waals surface area contributed by atoms with E-state index in [0.717, 1.165) is 5.56 Å². The molecule has 1 aliphatic rings. The molecule has 0 bridgehead atoms. The summed E-state index contributed by atoms with van der Waals surface area (Å²) in [6.45, 7) is 2.17. The zero-order chi connectivity index (χ0) is 24.3. The number of nitrogens with one attached hydrogen (secondary N) is 2. The number of anilines is 3. The van der Waals surface area contributed by atoms with E-state index in [0.29, 0.717) is 22.8 Å². The third kappa shape index (κ3) is 5.20. The lowest BCUT2D eigenvalue weighted by Crippen LogP contribution is -2.28. The molecule has 3 aromatic rings. The molecule has 8 nitrogen and oxygen atoms in total.